The summed E-state index contributed by atoms with van der Waals surface area (Å²) in [6.07, 6.45) is 8.23. The number of sulfonamides is 1. The third-order valence-corrected chi connectivity index (χ3v) is 4.74. The number of nitrogen functional groups attached to an aromatic ring is 1. The molecule has 5 heteroatoms. The van der Waals surface area contributed by atoms with Gasteiger partial charge in [-0.25, -0.2) is 13.1 Å². The summed E-state index contributed by atoms with van der Waals surface area (Å²) in [4.78, 5) is 0.273. The maximum atomic E-state index is 12.0. The summed E-state index contributed by atoms with van der Waals surface area (Å²) in [7, 11) is -3.38. The van der Waals surface area contributed by atoms with E-state index in [0.29, 0.717) is 12.2 Å². The predicted molar refractivity (Wildman–Crippen MR) is 84.0 cm³/mol. The number of hydrogen-bond acceptors (Lipinski definition) is 3. The summed E-state index contributed by atoms with van der Waals surface area (Å²) in [5, 5.41) is 0. The van der Waals surface area contributed by atoms with Crippen LogP contribution in [0.2, 0.25) is 0 Å². The Morgan fingerprint density at radius 1 is 0.950 bits per heavy atom. The van der Waals surface area contributed by atoms with Crippen LogP contribution in [-0.2, 0) is 10.0 Å². The van der Waals surface area contributed by atoms with Crippen molar-refractivity contribution in [3.63, 3.8) is 0 Å². The van der Waals surface area contributed by atoms with Crippen LogP contribution < -0.4 is 10.5 Å². The standard InChI is InChI=1S/C15H26N2O2S/c1-2-3-4-5-6-7-8-13-17-20(18,19)15-11-9-14(16)10-12-15/h9-12,17H,2-8,13,16H2,1H3. The number of nitrogens with one attached hydrogen (secondary N) is 1. The Morgan fingerprint density at radius 2 is 1.50 bits per heavy atom. The first kappa shape index (κ1) is 17.0. The quantitative estimate of drug-likeness (QED) is 0.514. The van der Waals surface area contributed by atoms with Crippen LogP contribution in [0.3, 0.4) is 0 Å². The van der Waals surface area contributed by atoms with Crippen molar-refractivity contribution in [2.24, 2.45) is 0 Å². The summed E-state index contributed by atoms with van der Waals surface area (Å²) in [5.74, 6) is 0. The fourth-order valence-electron chi connectivity index (χ4n) is 2.02. The van der Waals surface area contributed by atoms with Gasteiger partial charge in [0.25, 0.3) is 0 Å². The van der Waals surface area contributed by atoms with Crippen molar-refractivity contribution in [1.82, 2.24) is 4.72 Å². The SMILES string of the molecule is CCCCCCCCCNS(=O)(=O)c1ccc(N)cc1. The highest BCUT2D eigenvalue weighted by Crippen LogP contribution is 2.12. The molecule has 0 unspecified atom stereocenters. The van der Waals surface area contributed by atoms with Crippen LogP contribution in [0.15, 0.2) is 29.2 Å². The summed E-state index contributed by atoms with van der Waals surface area (Å²) < 4.78 is 26.6. The van der Waals surface area contributed by atoms with Gasteiger partial charge in [-0.1, -0.05) is 45.4 Å². The lowest BCUT2D eigenvalue weighted by molar-refractivity contribution is 0.563. The number of anilines is 1. The highest BCUT2D eigenvalue weighted by atomic mass is 32.2. The molecule has 0 bridgehead atoms. The second-order valence-electron chi connectivity index (χ2n) is 5.09. The van der Waals surface area contributed by atoms with E-state index in [9.17, 15) is 8.42 Å². The Balaban J connectivity index is 2.22. The number of rotatable bonds is 10. The van der Waals surface area contributed by atoms with Crippen LogP contribution >= 0.6 is 0 Å². The minimum Gasteiger partial charge on any atom is -0.399 e. The van der Waals surface area contributed by atoms with Crippen LogP contribution in [0.5, 0.6) is 0 Å². The zero-order chi connectivity index (χ0) is 14.8. The van der Waals surface area contributed by atoms with Gasteiger partial charge < -0.3 is 5.73 Å². The topological polar surface area (TPSA) is 72.2 Å². The van der Waals surface area contributed by atoms with Gasteiger partial charge in [0, 0.05) is 12.2 Å². The first-order valence-corrected chi connectivity index (χ1v) is 8.90. The van der Waals surface area contributed by atoms with E-state index >= 15 is 0 Å². The van der Waals surface area contributed by atoms with Gasteiger partial charge >= 0.3 is 0 Å². The van der Waals surface area contributed by atoms with E-state index in [0.717, 1.165) is 12.8 Å². The molecule has 0 atom stereocenters. The van der Waals surface area contributed by atoms with E-state index in [-0.39, 0.29) is 4.90 Å². The second-order valence-corrected chi connectivity index (χ2v) is 6.86. The second kappa shape index (κ2) is 8.97. The van der Waals surface area contributed by atoms with E-state index in [2.05, 4.69) is 11.6 Å². The molecular weight excluding hydrogens is 272 g/mol. The first-order valence-electron chi connectivity index (χ1n) is 7.41. The minimum absolute atomic E-state index is 0.273. The van der Waals surface area contributed by atoms with Crippen LogP contribution in [0.1, 0.15) is 51.9 Å². The molecule has 0 radical (unpaired) electrons. The summed E-state index contributed by atoms with van der Waals surface area (Å²) in [6.45, 7) is 2.70. The lowest BCUT2D eigenvalue weighted by Crippen LogP contribution is -2.24. The highest BCUT2D eigenvalue weighted by molar-refractivity contribution is 7.89. The number of unbranched alkanes of at least 4 members (excludes halogenated alkanes) is 6. The zero-order valence-electron chi connectivity index (χ0n) is 12.3. The molecule has 0 fully saturated rings. The summed E-state index contributed by atoms with van der Waals surface area (Å²) >= 11 is 0. The Labute approximate surface area is 122 Å². The van der Waals surface area contributed by atoms with Gasteiger partial charge in [-0.2, -0.15) is 0 Å². The van der Waals surface area contributed by atoms with Crippen molar-refractivity contribution in [2.75, 3.05) is 12.3 Å². The van der Waals surface area contributed by atoms with E-state index < -0.39 is 10.0 Å². The molecule has 0 amide bonds. The fourth-order valence-corrected chi connectivity index (χ4v) is 3.09. The average molecular weight is 298 g/mol. The molecule has 0 heterocycles. The van der Waals surface area contributed by atoms with Crippen molar-refractivity contribution in [3.05, 3.63) is 24.3 Å². The summed E-state index contributed by atoms with van der Waals surface area (Å²) in [6, 6.07) is 6.26. The van der Waals surface area contributed by atoms with Crippen molar-refractivity contribution in [3.8, 4) is 0 Å². The third kappa shape index (κ3) is 6.39. The van der Waals surface area contributed by atoms with Crippen molar-refractivity contribution < 1.29 is 8.42 Å². The van der Waals surface area contributed by atoms with Gasteiger partial charge in [0.15, 0.2) is 0 Å². The lowest BCUT2D eigenvalue weighted by Gasteiger charge is -2.07. The molecule has 0 saturated carbocycles. The van der Waals surface area contributed by atoms with Gasteiger partial charge in [0.2, 0.25) is 10.0 Å². The van der Waals surface area contributed by atoms with Crippen molar-refractivity contribution in [2.45, 2.75) is 56.8 Å². The predicted octanol–water partition coefficient (Wildman–Crippen LogP) is 3.30. The Kier molecular flexibility index (Phi) is 7.62. The molecule has 1 rings (SSSR count). The smallest absolute Gasteiger partial charge is 0.240 e. The van der Waals surface area contributed by atoms with Crippen LogP contribution in [0.25, 0.3) is 0 Å². The largest absolute Gasteiger partial charge is 0.399 e. The molecule has 0 aliphatic carbocycles. The molecule has 0 aromatic heterocycles. The first-order chi connectivity index (χ1) is 9.56. The Hall–Kier alpha value is -1.07. The highest BCUT2D eigenvalue weighted by Gasteiger charge is 2.12. The molecule has 0 spiro atoms. The lowest BCUT2D eigenvalue weighted by atomic mass is 10.1. The molecule has 114 valence electrons. The van der Waals surface area contributed by atoms with E-state index in [1.54, 1.807) is 12.1 Å². The van der Waals surface area contributed by atoms with Gasteiger partial charge in [-0.05, 0) is 30.7 Å². The Morgan fingerprint density at radius 3 is 2.10 bits per heavy atom. The van der Waals surface area contributed by atoms with Crippen LogP contribution in [0, 0.1) is 0 Å². The monoisotopic (exact) mass is 298 g/mol. The zero-order valence-corrected chi connectivity index (χ0v) is 13.1. The molecule has 0 saturated heterocycles. The van der Waals surface area contributed by atoms with E-state index in [1.807, 2.05) is 0 Å². The molecule has 0 aliphatic heterocycles. The van der Waals surface area contributed by atoms with Crippen molar-refractivity contribution in [1.29, 1.82) is 0 Å². The van der Waals surface area contributed by atoms with Crippen LogP contribution in [-0.4, -0.2) is 15.0 Å². The molecule has 3 N–H and O–H groups in total. The van der Waals surface area contributed by atoms with Gasteiger partial charge in [0.05, 0.1) is 4.90 Å². The average Bonchev–Trinajstić information content (AvgIpc) is 2.42. The van der Waals surface area contributed by atoms with E-state index in [1.165, 1.54) is 44.2 Å². The van der Waals surface area contributed by atoms with Crippen molar-refractivity contribution >= 4 is 15.7 Å². The van der Waals surface area contributed by atoms with Crippen LogP contribution in [0.4, 0.5) is 5.69 Å². The maximum Gasteiger partial charge on any atom is 0.240 e. The maximum absolute atomic E-state index is 12.0. The molecule has 1 aromatic rings. The van der Waals surface area contributed by atoms with Gasteiger partial charge in [-0.3, -0.25) is 0 Å². The molecule has 4 nitrogen and oxygen atoms in total. The minimum atomic E-state index is -3.38. The molecule has 1 aromatic carbocycles. The molecule has 20 heavy (non-hydrogen) atoms. The summed E-state index contributed by atoms with van der Waals surface area (Å²) in [5.41, 5.74) is 6.11. The third-order valence-electron chi connectivity index (χ3n) is 3.26. The number of benzene rings is 1. The fraction of sp³-hybridized carbons (Fsp3) is 0.600. The molecule has 0 aliphatic rings. The van der Waals surface area contributed by atoms with Gasteiger partial charge in [-0.15, -0.1) is 0 Å². The normalized spacial score (nSPS) is 11.7. The number of nitrogens with two attached hydrogens (primary N) is 1. The van der Waals surface area contributed by atoms with Gasteiger partial charge in [0.1, 0.15) is 0 Å². The number of hydrogen-bond donors (Lipinski definition) is 2. The Bertz CT molecular complexity index is 469. The van der Waals surface area contributed by atoms with E-state index in [4.69, 9.17) is 5.73 Å². The molecular formula is C15H26N2O2S.